The fourth-order valence-electron chi connectivity index (χ4n) is 4.80. The van der Waals surface area contributed by atoms with Crippen molar-refractivity contribution in [1.29, 1.82) is 0 Å². The maximum atomic E-state index is 13.2. The summed E-state index contributed by atoms with van der Waals surface area (Å²) in [5.74, 6) is -0.144. The van der Waals surface area contributed by atoms with E-state index in [-0.39, 0.29) is 24.1 Å². The molecule has 0 aliphatic carbocycles. The van der Waals surface area contributed by atoms with Gasteiger partial charge in [-0.3, -0.25) is 14.4 Å². The number of benzene rings is 1. The highest BCUT2D eigenvalue weighted by Crippen LogP contribution is 2.34. The van der Waals surface area contributed by atoms with Gasteiger partial charge >= 0.3 is 6.09 Å². The van der Waals surface area contributed by atoms with E-state index < -0.39 is 0 Å². The maximum Gasteiger partial charge on any atom is 0.410 e. The molecule has 9 heteroatoms. The molecule has 0 bridgehead atoms. The molecule has 0 N–H and O–H groups in total. The van der Waals surface area contributed by atoms with Crippen molar-refractivity contribution < 1.29 is 14.3 Å². The second kappa shape index (κ2) is 8.09. The Bertz CT molecular complexity index is 1190. The minimum absolute atomic E-state index is 0.0240. The quantitative estimate of drug-likeness (QED) is 0.603. The van der Waals surface area contributed by atoms with Crippen LogP contribution >= 0.6 is 11.6 Å². The zero-order valence-electron chi connectivity index (χ0n) is 18.0. The van der Waals surface area contributed by atoms with Gasteiger partial charge < -0.3 is 9.64 Å². The third-order valence-electron chi connectivity index (χ3n) is 6.43. The van der Waals surface area contributed by atoms with E-state index in [0.717, 1.165) is 11.3 Å². The summed E-state index contributed by atoms with van der Waals surface area (Å²) < 4.78 is 7.03. The summed E-state index contributed by atoms with van der Waals surface area (Å²) in [6.07, 6.45) is 2.62. The molecule has 2 aliphatic rings. The normalized spacial score (nSPS) is 19.6. The van der Waals surface area contributed by atoms with E-state index in [1.54, 1.807) is 16.6 Å². The third-order valence-corrected chi connectivity index (χ3v) is 6.83. The Morgan fingerprint density at radius 1 is 1.19 bits per heavy atom. The summed E-state index contributed by atoms with van der Waals surface area (Å²) in [4.78, 5) is 33.8. The largest absolute Gasteiger partial charge is 0.447 e. The van der Waals surface area contributed by atoms with Crippen LogP contribution in [0.15, 0.2) is 36.5 Å². The lowest BCUT2D eigenvalue weighted by molar-refractivity contribution is 0.0636. The number of hydrogen-bond donors (Lipinski definition) is 0. The smallest absolute Gasteiger partial charge is 0.410 e. The van der Waals surface area contributed by atoms with Crippen molar-refractivity contribution in [1.82, 2.24) is 24.6 Å². The first kappa shape index (κ1) is 20.8. The number of halogens is 1. The molecule has 0 radical (unpaired) electrons. The molecule has 0 saturated carbocycles. The zero-order valence-corrected chi connectivity index (χ0v) is 18.7. The van der Waals surface area contributed by atoms with Gasteiger partial charge in [0, 0.05) is 32.4 Å². The summed E-state index contributed by atoms with van der Waals surface area (Å²) in [6.45, 7) is 3.28. The number of likely N-dealkylation sites (tertiary alicyclic amines) is 1. The molecule has 5 rings (SSSR count). The van der Waals surface area contributed by atoms with Crippen LogP contribution in [0.1, 0.15) is 40.5 Å². The van der Waals surface area contributed by atoms with E-state index in [4.69, 9.17) is 16.3 Å². The number of hydrogen-bond acceptors (Lipinski definition) is 5. The second-order valence-electron chi connectivity index (χ2n) is 8.33. The molecule has 8 nitrogen and oxygen atoms in total. The lowest BCUT2D eigenvalue weighted by Crippen LogP contribution is -2.47. The fourth-order valence-corrected chi connectivity index (χ4v) is 5.15. The number of carbonyl (C=O) groups is 2. The molecule has 32 heavy (non-hydrogen) atoms. The predicted molar refractivity (Wildman–Crippen MR) is 120 cm³/mol. The van der Waals surface area contributed by atoms with Crippen LogP contribution in [-0.2, 0) is 11.8 Å². The van der Waals surface area contributed by atoms with Crippen LogP contribution in [-0.4, -0.2) is 62.3 Å². The van der Waals surface area contributed by atoms with Crippen LogP contribution in [0, 0.1) is 6.92 Å². The van der Waals surface area contributed by atoms with E-state index in [1.807, 2.05) is 42.2 Å². The van der Waals surface area contributed by atoms with Crippen LogP contribution in [0.2, 0.25) is 5.02 Å². The van der Waals surface area contributed by atoms with Gasteiger partial charge in [-0.1, -0.05) is 41.9 Å². The topological polar surface area (TPSA) is 80.6 Å². The average Bonchev–Trinajstić information content (AvgIpc) is 3.33. The number of carbonyl (C=O) groups excluding carboxylic acids is 2. The van der Waals surface area contributed by atoms with Crippen molar-refractivity contribution in [2.24, 2.45) is 7.05 Å². The molecule has 166 valence electrons. The number of amides is 2. The van der Waals surface area contributed by atoms with E-state index in [0.29, 0.717) is 54.2 Å². The Morgan fingerprint density at radius 2 is 1.91 bits per heavy atom. The molecule has 2 amide bonds. The zero-order chi connectivity index (χ0) is 22.4. The van der Waals surface area contributed by atoms with Crippen molar-refractivity contribution in [3.05, 3.63) is 58.4 Å². The highest BCUT2D eigenvalue weighted by Gasteiger charge is 2.40. The van der Waals surface area contributed by atoms with Gasteiger partial charge in [-0.15, -0.1) is 0 Å². The Morgan fingerprint density at radius 3 is 2.62 bits per heavy atom. The van der Waals surface area contributed by atoms with Gasteiger partial charge in [-0.25, -0.2) is 9.78 Å². The Balaban J connectivity index is 1.32. The summed E-state index contributed by atoms with van der Waals surface area (Å²) >= 11 is 6.60. The van der Waals surface area contributed by atoms with E-state index >= 15 is 0 Å². The van der Waals surface area contributed by atoms with Crippen molar-refractivity contribution in [3.63, 3.8) is 0 Å². The number of aromatic nitrogens is 3. The Hall–Kier alpha value is -3.13. The number of piperidine rings is 1. The molecule has 0 spiro atoms. The molecule has 2 aliphatic heterocycles. The standard InChI is InChI=1S/C23H24ClN5O3/c1-14-19-20(24)17(12-25-21(19)27(2)26-14)22(30)28-10-8-16(9-11-28)29-18(13-32-23(29)31)15-6-4-3-5-7-15/h3-7,12,16,18H,8-11,13H2,1-2H3. The number of pyridine rings is 1. The highest BCUT2D eigenvalue weighted by molar-refractivity contribution is 6.38. The lowest BCUT2D eigenvalue weighted by Gasteiger charge is -2.38. The fraction of sp³-hybridized carbons (Fsp3) is 0.391. The van der Waals surface area contributed by atoms with E-state index in [2.05, 4.69) is 10.1 Å². The molecule has 1 unspecified atom stereocenters. The van der Waals surface area contributed by atoms with E-state index in [9.17, 15) is 9.59 Å². The Labute approximate surface area is 190 Å². The summed E-state index contributed by atoms with van der Waals surface area (Å²) in [5, 5.41) is 5.45. The number of rotatable bonds is 3. The van der Waals surface area contributed by atoms with Crippen LogP contribution in [0.3, 0.4) is 0 Å². The molecule has 4 heterocycles. The molecule has 3 aromatic rings. The summed E-state index contributed by atoms with van der Waals surface area (Å²) in [5.41, 5.74) is 2.85. The van der Waals surface area contributed by atoms with Crippen molar-refractivity contribution in [3.8, 4) is 0 Å². The molecule has 2 saturated heterocycles. The van der Waals surface area contributed by atoms with E-state index in [1.165, 1.54) is 6.20 Å². The van der Waals surface area contributed by atoms with Gasteiger partial charge in [-0.05, 0) is 25.3 Å². The highest BCUT2D eigenvalue weighted by atomic mass is 35.5. The average molecular weight is 454 g/mol. The molecule has 2 aromatic heterocycles. The third kappa shape index (κ3) is 3.39. The molecule has 1 atom stereocenters. The molecular formula is C23H24ClN5O3. The van der Waals surface area contributed by atoms with Crippen molar-refractivity contribution >= 4 is 34.6 Å². The molecule has 2 fully saturated rings. The van der Waals surface area contributed by atoms with Crippen molar-refractivity contribution in [2.75, 3.05) is 19.7 Å². The summed E-state index contributed by atoms with van der Waals surface area (Å²) in [7, 11) is 1.80. The SMILES string of the molecule is Cc1nn(C)c2ncc(C(=O)N3CCC(N4C(=O)OCC4c4ccccc4)CC3)c(Cl)c12. The summed E-state index contributed by atoms with van der Waals surface area (Å²) in [6, 6.07) is 9.86. The minimum Gasteiger partial charge on any atom is -0.447 e. The van der Waals surface area contributed by atoms with Gasteiger partial charge in [0.2, 0.25) is 0 Å². The van der Waals surface area contributed by atoms with Gasteiger partial charge in [-0.2, -0.15) is 5.10 Å². The molecular weight excluding hydrogens is 430 g/mol. The number of ether oxygens (including phenoxy) is 1. The number of fused-ring (bicyclic) bond motifs is 1. The van der Waals surface area contributed by atoms with Crippen molar-refractivity contribution in [2.45, 2.75) is 31.8 Å². The minimum atomic E-state index is -0.284. The van der Waals surface area contributed by atoms with Gasteiger partial charge in [0.25, 0.3) is 5.91 Å². The number of nitrogens with zero attached hydrogens (tertiary/aromatic N) is 5. The number of aryl methyl sites for hydroxylation is 2. The predicted octanol–water partition coefficient (Wildman–Crippen LogP) is 3.73. The second-order valence-corrected chi connectivity index (χ2v) is 8.71. The molecule has 1 aromatic carbocycles. The van der Waals surface area contributed by atoms with Gasteiger partial charge in [0.15, 0.2) is 5.65 Å². The maximum absolute atomic E-state index is 13.2. The van der Waals surface area contributed by atoms with Crippen LogP contribution in [0.25, 0.3) is 11.0 Å². The monoisotopic (exact) mass is 453 g/mol. The Kier molecular flexibility index (Phi) is 5.25. The van der Waals surface area contributed by atoms with Gasteiger partial charge in [0.05, 0.1) is 27.7 Å². The number of cyclic esters (lactones) is 1. The first-order valence-corrected chi connectivity index (χ1v) is 11.1. The van der Waals surface area contributed by atoms with Crippen LogP contribution < -0.4 is 0 Å². The van der Waals surface area contributed by atoms with Gasteiger partial charge in [0.1, 0.15) is 6.61 Å². The lowest BCUT2D eigenvalue weighted by atomic mass is 9.98. The first-order valence-electron chi connectivity index (χ1n) is 10.7. The van der Waals surface area contributed by atoms with Crippen LogP contribution in [0.4, 0.5) is 4.79 Å². The first-order chi connectivity index (χ1) is 15.5. The van der Waals surface area contributed by atoms with Crippen LogP contribution in [0.5, 0.6) is 0 Å².